The van der Waals surface area contributed by atoms with Gasteiger partial charge in [-0.05, 0) is 30.9 Å². The normalized spacial score (nSPS) is 11.2. The van der Waals surface area contributed by atoms with E-state index in [0.717, 1.165) is 24.2 Å². The van der Waals surface area contributed by atoms with Gasteiger partial charge in [0, 0.05) is 25.6 Å². The summed E-state index contributed by atoms with van der Waals surface area (Å²) in [5.41, 5.74) is 1.29. The van der Waals surface area contributed by atoms with E-state index in [0.29, 0.717) is 19.7 Å². The fourth-order valence-corrected chi connectivity index (χ4v) is 2.78. The van der Waals surface area contributed by atoms with Gasteiger partial charge in [-0.25, -0.2) is 4.99 Å². The molecule has 0 aliphatic rings. The Bertz CT molecular complexity index is 654. The first-order valence-corrected chi connectivity index (χ1v) is 8.38. The van der Waals surface area contributed by atoms with Gasteiger partial charge in [-0.15, -0.1) is 45.5 Å². The first-order valence-electron chi connectivity index (χ1n) is 7.50. The van der Waals surface area contributed by atoms with E-state index in [-0.39, 0.29) is 24.0 Å². The summed E-state index contributed by atoms with van der Waals surface area (Å²) in [6.07, 6.45) is 0. The van der Waals surface area contributed by atoms with Crippen LogP contribution in [0.15, 0.2) is 16.4 Å². The predicted octanol–water partition coefficient (Wildman–Crippen LogP) is 1.99. The quantitative estimate of drug-likeness (QED) is 0.284. The van der Waals surface area contributed by atoms with Crippen LogP contribution in [0.3, 0.4) is 0 Å². The van der Waals surface area contributed by atoms with Crippen LogP contribution in [0.1, 0.15) is 22.1 Å². The van der Waals surface area contributed by atoms with E-state index in [9.17, 15) is 0 Å². The third kappa shape index (κ3) is 6.02. The Morgan fingerprint density at radius 1 is 1.33 bits per heavy atom. The van der Waals surface area contributed by atoms with Crippen LogP contribution in [0.5, 0.6) is 0 Å². The zero-order valence-corrected chi connectivity index (χ0v) is 17.6. The molecular formula is C15H25IN6OS. The number of rotatable bonds is 7. The highest BCUT2D eigenvalue weighted by Crippen LogP contribution is 2.14. The molecule has 2 aromatic heterocycles. The van der Waals surface area contributed by atoms with Crippen LogP contribution in [0, 0.1) is 13.8 Å². The van der Waals surface area contributed by atoms with Gasteiger partial charge in [0.05, 0.1) is 13.2 Å². The highest BCUT2D eigenvalue weighted by Gasteiger charge is 2.06. The minimum absolute atomic E-state index is 0. The Morgan fingerprint density at radius 3 is 2.71 bits per heavy atom. The zero-order valence-electron chi connectivity index (χ0n) is 14.5. The third-order valence-electron chi connectivity index (χ3n) is 3.54. The Hall–Kier alpha value is -1.20. The predicted molar refractivity (Wildman–Crippen MR) is 108 cm³/mol. The molecule has 2 heterocycles. The number of thiophene rings is 1. The Kier molecular flexibility index (Phi) is 9.22. The number of guanidine groups is 1. The fourth-order valence-electron chi connectivity index (χ4n) is 1.93. The van der Waals surface area contributed by atoms with Crippen molar-refractivity contribution in [2.75, 3.05) is 20.3 Å². The molecule has 0 unspecified atom stereocenters. The molecule has 0 saturated carbocycles. The van der Waals surface area contributed by atoms with Crippen LogP contribution >= 0.6 is 35.3 Å². The van der Waals surface area contributed by atoms with Crippen molar-refractivity contribution in [3.05, 3.63) is 33.5 Å². The highest BCUT2D eigenvalue weighted by molar-refractivity contribution is 14.0. The van der Waals surface area contributed by atoms with Crippen LogP contribution in [-0.2, 0) is 24.9 Å². The smallest absolute Gasteiger partial charge is 0.192 e. The summed E-state index contributed by atoms with van der Waals surface area (Å²) in [5, 5.41) is 16.9. The van der Waals surface area contributed by atoms with Gasteiger partial charge in [0.2, 0.25) is 0 Å². The lowest BCUT2D eigenvalue weighted by Gasteiger charge is -2.12. The Balaban J connectivity index is 0.00000288. The molecule has 134 valence electrons. The Labute approximate surface area is 163 Å². The van der Waals surface area contributed by atoms with E-state index in [1.807, 2.05) is 18.5 Å². The molecule has 0 aromatic carbocycles. The highest BCUT2D eigenvalue weighted by atomic mass is 127. The average Bonchev–Trinajstić information content (AvgIpc) is 3.09. The minimum atomic E-state index is 0. The van der Waals surface area contributed by atoms with Gasteiger partial charge >= 0.3 is 0 Å². The molecule has 0 aliphatic carbocycles. The Morgan fingerprint density at radius 2 is 2.12 bits per heavy atom. The lowest BCUT2D eigenvalue weighted by molar-refractivity contribution is 0.203. The molecule has 0 amide bonds. The molecule has 0 spiro atoms. The van der Waals surface area contributed by atoms with Gasteiger partial charge in [0.15, 0.2) is 11.8 Å². The largest absolute Gasteiger partial charge is 0.383 e. The van der Waals surface area contributed by atoms with Crippen molar-refractivity contribution in [1.82, 2.24) is 25.4 Å². The number of hydrogen-bond donors (Lipinski definition) is 2. The van der Waals surface area contributed by atoms with Crippen molar-refractivity contribution in [2.24, 2.45) is 12.0 Å². The van der Waals surface area contributed by atoms with E-state index in [1.165, 1.54) is 10.4 Å². The standard InChI is InChI=1S/C15H24N6OS.HI/c1-11-5-8-23-13(11)9-17-15(16-6-7-22-4)18-10-14-20-19-12(2)21(14)3;/h5,8H,6-7,9-10H2,1-4H3,(H2,16,17,18);1H. The molecule has 0 saturated heterocycles. The van der Waals surface area contributed by atoms with E-state index in [4.69, 9.17) is 4.74 Å². The fraction of sp³-hybridized carbons (Fsp3) is 0.533. The summed E-state index contributed by atoms with van der Waals surface area (Å²) in [4.78, 5) is 5.90. The lowest BCUT2D eigenvalue weighted by Crippen LogP contribution is -2.38. The second kappa shape index (κ2) is 10.6. The number of methoxy groups -OCH3 is 1. The van der Waals surface area contributed by atoms with Crippen LogP contribution in [0.25, 0.3) is 0 Å². The van der Waals surface area contributed by atoms with Crippen molar-refractivity contribution >= 4 is 41.3 Å². The van der Waals surface area contributed by atoms with Gasteiger partial charge in [0.1, 0.15) is 12.4 Å². The number of aromatic nitrogens is 3. The second-order valence-corrected chi connectivity index (χ2v) is 6.19. The molecule has 0 aliphatic heterocycles. The molecular weight excluding hydrogens is 439 g/mol. The van der Waals surface area contributed by atoms with Gasteiger partial charge in [-0.1, -0.05) is 0 Å². The molecule has 7 nitrogen and oxygen atoms in total. The van der Waals surface area contributed by atoms with Gasteiger partial charge in [-0.3, -0.25) is 0 Å². The van der Waals surface area contributed by atoms with Crippen LogP contribution in [0.4, 0.5) is 0 Å². The summed E-state index contributed by atoms with van der Waals surface area (Å²) in [6, 6.07) is 2.12. The van der Waals surface area contributed by atoms with E-state index >= 15 is 0 Å². The number of aliphatic imine (C=N–C) groups is 1. The molecule has 0 bridgehead atoms. The maximum atomic E-state index is 5.08. The summed E-state index contributed by atoms with van der Waals surface area (Å²) >= 11 is 1.74. The first kappa shape index (κ1) is 20.8. The first-order chi connectivity index (χ1) is 11.1. The van der Waals surface area contributed by atoms with E-state index in [1.54, 1.807) is 18.4 Å². The number of hydrogen-bond acceptors (Lipinski definition) is 5. The molecule has 24 heavy (non-hydrogen) atoms. The van der Waals surface area contributed by atoms with E-state index in [2.05, 4.69) is 44.2 Å². The average molecular weight is 464 g/mol. The molecule has 0 fully saturated rings. The summed E-state index contributed by atoms with van der Waals surface area (Å²) in [6.45, 7) is 6.59. The molecule has 0 atom stereocenters. The minimum Gasteiger partial charge on any atom is -0.383 e. The van der Waals surface area contributed by atoms with Crippen molar-refractivity contribution < 1.29 is 4.74 Å². The number of nitrogens with zero attached hydrogens (tertiary/aromatic N) is 4. The maximum Gasteiger partial charge on any atom is 0.192 e. The topological polar surface area (TPSA) is 76.4 Å². The molecule has 2 aromatic rings. The third-order valence-corrected chi connectivity index (χ3v) is 4.57. The lowest BCUT2D eigenvalue weighted by atomic mass is 10.3. The maximum absolute atomic E-state index is 5.08. The van der Waals surface area contributed by atoms with E-state index < -0.39 is 0 Å². The molecule has 2 rings (SSSR count). The summed E-state index contributed by atoms with van der Waals surface area (Å²) in [7, 11) is 3.63. The van der Waals surface area contributed by atoms with Crippen molar-refractivity contribution in [2.45, 2.75) is 26.9 Å². The summed E-state index contributed by atoms with van der Waals surface area (Å²) < 4.78 is 7.02. The van der Waals surface area contributed by atoms with Crippen LogP contribution in [-0.4, -0.2) is 41.0 Å². The second-order valence-electron chi connectivity index (χ2n) is 5.19. The van der Waals surface area contributed by atoms with Crippen molar-refractivity contribution in [3.8, 4) is 0 Å². The van der Waals surface area contributed by atoms with Gasteiger partial charge in [-0.2, -0.15) is 0 Å². The van der Waals surface area contributed by atoms with Crippen molar-refractivity contribution in [3.63, 3.8) is 0 Å². The summed E-state index contributed by atoms with van der Waals surface area (Å²) in [5.74, 6) is 2.46. The number of halogens is 1. The molecule has 0 radical (unpaired) electrons. The number of nitrogens with one attached hydrogen (secondary N) is 2. The van der Waals surface area contributed by atoms with Crippen LogP contribution < -0.4 is 10.6 Å². The number of aryl methyl sites for hydroxylation is 2. The van der Waals surface area contributed by atoms with Gasteiger partial charge in [0.25, 0.3) is 0 Å². The van der Waals surface area contributed by atoms with Gasteiger partial charge < -0.3 is 19.9 Å². The zero-order chi connectivity index (χ0) is 16.7. The monoisotopic (exact) mass is 464 g/mol. The SMILES string of the molecule is COCCNC(=NCc1nnc(C)n1C)NCc1sccc1C.I. The van der Waals surface area contributed by atoms with Crippen molar-refractivity contribution in [1.29, 1.82) is 0 Å². The number of ether oxygens (including phenoxy) is 1. The van der Waals surface area contributed by atoms with Crippen LogP contribution in [0.2, 0.25) is 0 Å². The molecule has 2 N–H and O–H groups in total. The molecule has 9 heteroatoms.